The van der Waals surface area contributed by atoms with Crippen LogP contribution in [0.5, 0.6) is 0 Å². The van der Waals surface area contributed by atoms with Crippen LogP contribution in [0.25, 0.3) is 0 Å². The number of unbranched alkanes of at least 4 members (excludes halogenated alkanes) is 1. The lowest BCUT2D eigenvalue weighted by atomic mass is 9.82. The van der Waals surface area contributed by atoms with Gasteiger partial charge in [-0.2, -0.15) is 0 Å². The largest absolute Gasteiger partial charge is 0.468 e. The fourth-order valence-electron chi connectivity index (χ4n) is 2.16. The third-order valence-electron chi connectivity index (χ3n) is 5.02. The minimum absolute atomic E-state index is 0.225. The molecule has 0 atom stereocenters. The third-order valence-corrected chi connectivity index (χ3v) is 9.91. The smallest absolute Gasteiger partial charge is 0.327 e. The summed E-state index contributed by atoms with van der Waals surface area (Å²) >= 11 is 0. The van der Waals surface area contributed by atoms with Crippen molar-refractivity contribution in [2.45, 2.75) is 58.2 Å². The maximum Gasteiger partial charge on any atom is 0.327 e. The highest BCUT2D eigenvalue weighted by molar-refractivity contribution is 6.84. The van der Waals surface area contributed by atoms with Crippen molar-refractivity contribution in [3.8, 4) is 0 Å². The van der Waals surface area contributed by atoms with Crippen LogP contribution in [0.1, 0.15) is 40.0 Å². The summed E-state index contributed by atoms with van der Waals surface area (Å²) in [6.45, 7) is 14.9. The van der Waals surface area contributed by atoms with E-state index in [0.29, 0.717) is 19.3 Å². The van der Waals surface area contributed by atoms with Crippen LogP contribution in [0, 0.1) is 5.41 Å². The molecule has 0 rings (SSSR count). The number of hydrogen-bond donors (Lipinski definition) is 0. The quantitative estimate of drug-likeness (QED) is 0.146. The minimum Gasteiger partial charge on any atom is -0.468 e. The molecule has 0 aliphatic carbocycles. The van der Waals surface area contributed by atoms with Crippen LogP contribution in [-0.4, -0.2) is 34.2 Å². The molecule has 4 nitrogen and oxygen atoms in total. The van der Waals surface area contributed by atoms with E-state index in [4.69, 9.17) is 9.47 Å². The van der Waals surface area contributed by atoms with Gasteiger partial charge in [-0.15, -0.1) is 6.58 Å². The average molecular weight is 367 g/mol. The number of esters is 2. The number of rotatable bonds is 9. The van der Waals surface area contributed by atoms with Crippen molar-refractivity contribution >= 4 is 20.0 Å². The van der Waals surface area contributed by atoms with Gasteiger partial charge in [-0.1, -0.05) is 63.9 Å². The molecule has 0 spiro atoms. The van der Waals surface area contributed by atoms with Gasteiger partial charge in [0.05, 0.1) is 22.3 Å². The van der Waals surface area contributed by atoms with Crippen molar-refractivity contribution in [2.75, 3.05) is 14.2 Å². The van der Waals surface area contributed by atoms with Gasteiger partial charge in [0.1, 0.15) is 0 Å². The molecule has 0 aromatic heterocycles. The maximum absolute atomic E-state index is 12.4. The van der Waals surface area contributed by atoms with Crippen LogP contribution in [0.2, 0.25) is 18.1 Å². The molecule has 0 aliphatic rings. The molecule has 0 fully saturated rings. The number of allylic oxidation sites excluding steroid dienone is 3. The van der Waals surface area contributed by atoms with Gasteiger partial charge in [-0.05, 0) is 24.3 Å². The van der Waals surface area contributed by atoms with Crippen molar-refractivity contribution in [2.24, 2.45) is 5.41 Å². The van der Waals surface area contributed by atoms with Crippen molar-refractivity contribution in [1.29, 1.82) is 0 Å². The molecule has 0 bridgehead atoms. The van der Waals surface area contributed by atoms with Crippen LogP contribution in [0.4, 0.5) is 0 Å². The Morgan fingerprint density at radius 3 is 1.96 bits per heavy atom. The highest BCUT2D eigenvalue weighted by atomic mass is 28.3. The van der Waals surface area contributed by atoms with Crippen molar-refractivity contribution in [3.63, 3.8) is 0 Å². The topological polar surface area (TPSA) is 52.6 Å². The lowest BCUT2D eigenvalue weighted by molar-refractivity contribution is -0.165. The maximum atomic E-state index is 12.4. The Kier molecular flexibility index (Phi) is 9.12. The lowest BCUT2D eigenvalue weighted by Gasteiger charge is -2.34. The molecule has 0 unspecified atom stereocenters. The van der Waals surface area contributed by atoms with Gasteiger partial charge in [0.2, 0.25) is 0 Å². The molecule has 0 aliphatic heterocycles. The van der Waals surface area contributed by atoms with Crippen LogP contribution in [0.15, 0.2) is 36.6 Å². The van der Waals surface area contributed by atoms with Gasteiger partial charge >= 0.3 is 11.9 Å². The first-order valence-corrected chi connectivity index (χ1v) is 11.7. The Labute approximate surface area is 154 Å². The van der Waals surface area contributed by atoms with Crippen LogP contribution < -0.4 is 0 Å². The minimum atomic E-state index is -1.58. The van der Waals surface area contributed by atoms with Gasteiger partial charge in [0, 0.05) is 0 Å². The second kappa shape index (κ2) is 9.75. The molecular formula is C20H34O4Si. The molecule has 0 heterocycles. The van der Waals surface area contributed by atoms with E-state index in [-0.39, 0.29) is 5.04 Å². The van der Waals surface area contributed by atoms with Crippen LogP contribution in [-0.2, 0) is 19.1 Å². The summed E-state index contributed by atoms with van der Waals surface area (Å²) in [6.07, 6.45) is 8.75. The molecule has 0 N–H and O–H groups in total. The lowest BCUT2D eigenvalue weighted by Crippen LogP contribution is -2.39. The predicted molar refractivity (Wildman–Crippen MR) is 106 cm³/mol. The molecule has 0 saturated heterocycles. The summed E-state index contributed by atoms with van der Waals surface area (Å²) in [6, 6.07) is 0. The SMILES string of the molecule is C=CCCCC(/C=C/C=C/[Si](C)(C)C(C)(C)C)(C(=O)OC)C(=O)OC. The van der Waals surface area contributed by atoms with E-state index in [1.54, 1.807) is 18.2 Å². The molecule has 0 aromatic rings. The Hall–Kier alpha value is -1.62. The number of carbonyl (C=O) groups excluding carboxylic acids is 2. The van der Waals surface area contributed by atoms with Gasteiger partial charge in [0.15, 0.2) is 5.41 Å². The first kappa shape index (κ1) is 23.4. The molecule has 5 heteroatoms. The zero-order valence-corrected chi connectivity index (χ0v) is 17.8. The summed E-state index contributed by atoms with van der Waals surface area (Å²) in [5.74, 6) is -1.19. The second-order valence-corrected chi connectivity index (χ2v) is 13.1. The van der Waals surface area contributed by atoms with E-state index in [2.05, 4.69) is 46.1 Å². The van der Waals surface area contributed by atoms with Crippen molar-refractivity contribution < 1.29 is 19.1 Å². The zero-order chi connectivity index (χ0) is 19.7. The Balaban J connectivity index is 5.64. The van der Waals surface area contributed by atoms with Gasteiger partial charge in [0.25, 0.3) is 0 Å². The fourth-order valence-corrected chi connectivity index (χ4v) is 3.25. The summed E-state index contributed by atoms with van der Waals surface area (Å²) in [7, 11) is 0.988. The Morgan fingerprint density at radius 1 is 1.04 bits per heavy atom. The van der Waals surface area contributed by atoms with E-state index in [9.17, 15) is 9.59 Å². The summed E-state index contributed by atoms with van der Waals surface area (Å²) in [5, 5.41) is 0.225. The number of hydrogen-bond acceptors (Lipinski definition) is 4. The second-order valence-electron chi connectivity index (χ2n) is 7.83. The van der Waals surface area contributed by atoms with E-state index in [1.807, 2.05) is 6.08 Å². The summed E-state index contributed by atoms with van der Waals surface area (Å²) in [5.41, 5.74) is 0.802. The number of carbonyl (C=O) groups is 2. The Bertz CT molecular complexity index is 508. The first-order chi connectivity index (χ1) is 11.5. The van der Waals surface area contributed by atoms with Crippen LogP contribution in [0.3, 0.4) is 0 Å². The van der Waals surface area contributed by atoms with Gasteiger partial charge in [-0.25, -0.2) is 0 Å². The molecular weight excluding hydrogens is 332 g/mol. The number of methoxy groups -OCH3 is 2. The average Bonchev–Trinajstić information content (AvgIpc) is 2.54. The monoisotopic (exact) mass is 366 g/mol. The molecule has 142 valence electrons. The van der Waals surface area contributed by atoms with E-state index in [0.717, 1.165) is 0 Å². The summed E-state index contributed by atoms with van der Waals surface area (Å²) in [4.78, 5) is 24.7. The van der Waals surface area contributed by atoms with E-state index in [1.165, 1.54) is 14.2 Å². The van der Waals surface area contributed by atoms with Crippen molar-refractivity contribution in [1.82, 2.24) is 0 Å². The zero-order valence-electron chi connectivity index (χ0n) is 16.8. The predicted octanol–water partition coefficient (Wildman–Crippen LogP) is 4.84. The number of ether oxygens (including phenoxy) is 2. The molecule has 0 aromatic carbocycles. The summed E-state index contributed by atoms with van der Waals surface area (Å²) < 4.78 is 9.78. The van der Waals surface area contributed by atoms with E-state index >= 15 is 0 Å². The molecule has 0 amide bonds. The fraction of sp³-hybridized carbons (Fsp3) is 0.600. The molecule has 0 saturated carbocycles. The van der Waals surface area contributed by atoms with Gasteiger partial charge in [-0.3, -0.25) is 9.59 Å². The highest BCUT2D eigenvalue weighted by Crippen LogP contribution is 2.37. The third kappa shape index (κ3) is 6.31. The van der Waals surface area contributed by atoms with Crippen LogP contribution >= 0.6 is 0 Å². The van der Waals surface area contributed by atoms with E-state index < -0.39 is 25.4 Å². The highest BCUT2D eigenvalue weighted by Gasteiger charge is 2.45. The van der Waals surface area contributed by atoms with Gasteiger partial charge < -0.3 is 9.47 Å². The Morgan fingerprint density at radius 2 is 1.56 bits per heavy atom. The first-order valence-electron chi connectivity index (χ1n) is 8.63. The standard InChI is InChI=1S/C20H34O4Si/c1-9-10-11-14-20(17(21)23-5,18(22)24-6)15-12-13-16-25(7,8)19(2,3)4/h9,12-13,15-16H,1,10-11,14H2,2-8H3/b15-12+,16-13+. The molecule has 0 radical (unpaired) electrons. The molecule has 25 heavy (non-hydrogen) atoms. The van der Waals surface area contributed by atoms with Crippen molar-refractivity contribution in [3.05, 3.63) is 36.6 Å². The normalized spacial score (nSPS) is 13.2.